The van der Waals surface area contributed by atoms with Crippen LogP contribution in [-0.4, -0.2) is 30.3 Å². The number of nitrogens with zero attached hydrogens (tertiary/aromatic N) is 2. The minimum atomic E-state index is -0.424. The molecule has 1 aliphatic rings. The number of hydrogen-bond acceptors (Lipinski definition) is 6. The molecule has 0 N–H and O–H groups in total. The van der Waals surface area contributed by atoms with E-state index in [1.165, 1.54) is 24.5 Å². The largest absolute Gasteiger partial charge is 0.468 e. The van der Waals surface area contributed by atoms with Gasteiger partial charge in [0.25, 0.3) is 5.91 Å². The molecule has 0 saturated heterocycles. The molecule has 154 valence electrons. The smallest absolute Gasteiger partial charge is 0.325 e. The van der Waals surface area contributed by atoms with Crippen LogP contribution in [0.3, 0.4) is 0 Å². The van der Waals surface area contributed by atoms with Gasteiger partial charge < -0.3 is 18.8 Å². The van der Waals surface area contributed by atoms with Crippen molar-refractivity contribution in [3.8, 4) is 11.5 Å². The number of aromatic nitrogens is 1. The fourth-order valence-electron chi connectivity index (χ4n) is 3.26. The second kappa shape index (κ2) is 8.16. The maximum Gasteiger partial charge on any atom is 0.325 e. The Bertz CT molecular complexity index is 1250. The first kappa shape index (κ1) is 19.9. The molecule has 0 spiro atoms. The Morgan fingerprint density at radius 1 is 1.20 bits per heavy atom. The van der Waals surface area contributed by atoms with E-state index in [2.05, 4.69) is 11.1 Å². The highest BCUT2D eigenvalue weighted by Crippen LogP contribution is 2.32. The lowest BCUT2D eigenvalue weighted by molar-refractivity contribution is -0.141. The predicted octanol–water partition coefficient (Wildman–Crippen LogP) is 3.36. The maximum absolute atomic E-state index is 12.5. The summed E-state index contributed by atoms with van der Waals surface area (Å²) in [4.78, 5) is 29.1. The van der Waals surface area contributed by atoms with Crippen LogP contribution in [0.25, 0.3) is 16.3 Å². The van der Waals surface area contributed by atoms with Crippen LogP contribution >= 0.6 is 11.3 Å². The number of thiazole rings is 1. The predicted molar refractivity (Wildman–Crippen MR) is 113 cm³/mol. The number of fused-ring (bicyclic) bond motifs is 2. The Labute approximate surface area is 176 Å². The van der Waals surface area contributed by atoms with E-state index in [4.69, 9.17) is 14.2 Å². The molecule has 0 atom stereocenters. The number of hydrogen-bond donors (Lipinski definition) is 0. The van der Waals surface area contributed by atoms with E-state index < -0.39 is 11.9 Å². The van der Waals surface area contributed by atoms with E-state index in [1.54, 1.807) is 22.8 Å². The van der Waals surface area contributed by atoms with Gasteiger partial charge in [0.05, 0.1) is 17.3 Å². The summed E-state index contributed by atoms with van der Waals surface area (Å²) in [6.45, 7) is 4.17. The Balaban J connectivity index is 1.70. The van der Waals surface area contributed by atoms with Gasteiger partial charge in [0, 0.05) is 6.08 Å². The summed E-state index contributed by atoms with van der Waals surface area (Å²) in [5.74, 6) is 0.502. The topological polar surface area (TPSA) is 79.1 Å². The third-order valence-corrected chi connectivity index (χ3v) is 5.88. The van der Waals surface area contributed by atoms with Crippen molar-refractivity contribution in [2.24, 2.45) is 4.99 Å². The standard InChI is InChI=1S/C22H20N2O5S/c1-13-8-14(2)21-16(9-13)24(11-20(26)27-3)22(30-21)23-19(25)7-5-15-4-6-17-18(10-15)29-12-28-17/h4-10H,11-12H2,1-3H3/b7-5-,23-22?. The minimum absolute atomic E-state index is 0.0165. The van der Waals surface area contributed by atoms with Crippen LogP contribution in [0.5, 0.6) is 11.5 Å². The second-order valence-corrected chi connectivity index (χ2v) is 7.85. The van der Waals surface area contributed by atoms with Crippen molar-refractivity contribution in [2.45, 2.75) is 20.4 Å². The van der Waals surface area contributed by atoms with Crippen LogP contribution in [0.2, 0.25) is 0 Å². The van der Waals surface area contributed by atoms with Crippen LogP contribution in [-0.2, 0) is 20.9 Å². The third kappa shape index (κ3) is 3.99. The lowest BCUT2D eigenvalue weighted by Crippen LogP contribution is -2.22. The fraction of sp³-hybridized carbons (Fsp3) is 0.227. The van der Waals surface area contributed by atoms with Crippen molar-refractivity contribution in [1.82, 2.24) is 4.57 Å². The normalized spacial score (nSPS) is 13.4. The Hall–Kier alpha value is -3.39. The van der Waals surface area contributed by atoms with Gasteiger partial charge in [-0.3, -0.25) is 9.59 Å². The lowest BCUT2D eigenvalue weighted by Gasteiger charge is -2.05. The van der Waals surface area contributed by atoms with Gasteiger partial charge in [0.15, 0.2) is 16.3 Å². The Morgan fingerprint density at radius 2 is 2.00 bits per heavy atom. The van der Waals surface area contributed by atoms with E-state index in [0.29, 0.717) is 16.3 Å². The molecule has 0 fully saturated rings. The fourth-order valence-corrected chi connectivity index (χ4v) is 4.34. The van der Waals surface area contributed by atoms with Crippen molar-refractivity contribution in [2.75, 3.05) is 13.9 Å². The molecule has 1 aliphatic heterocycles. The number of benzene rings is 2. The summed E-state index contributed by atoms with van der Waals surface area (Å²) < 4.78 is 18.2. The van der Waals surface area contributed by atoms with Crippen LogP contribution in [0.4, 0.5) is 0 Å². The molecule has 4 rings (SSSR count). The van der Waals surface area contributed by atoms with Crippen LogP contribution in [0.15, 0.2) is 41.4 Å². The van der Waals surface area contributed by atoms with Crippen molar-refractivity contribution in [1.29, 1.82) is 0 Å². The number of aryl methyl sites for hydroxylation is 2. The molecule has 0 unspecified atom stereocenters. The molecular formula is C22H20N2O5S. The third-order valence-electron chi connectivity index (χ3n) is 4.65. The van der Waals surface area contributed by atoms with Gasteiger partial charge >= 0.3 is 5.97 Å². The van der Waals surface area contributed by atoms with Gasteiger partial charge in [-0.15, -0.1) is 0 Å². The average molecular weight is 424 g/mol. The van der Waals surface area contributed by atoms with Gasteiger partial charge in [-0.1, -0.05) is 23.5 Å². The molecule has 0 aliphatic carbocycles. The van der Waals surface area contributed by atoms with Gasteiger partial charge in [-0.25, -0.2) is 0 Å². The molecule has 8 heteroatoms. The summed E-state index contributed by atoms with van der Waals surface area (Å²) in [6, 6.07) is 9.47. The average Bonchev–Trinajstić information content (AvgIpc) is 3.31. The highest BCUT2D eigenvalue weighted by molar-refractivity contribution is 7.16. The zero-order valence-electron chi connectivity index (χ0n) is 16.8. The Morgan fingerprint density at radius 3 is 2.80 bits per heavy atom. The van der Waals surface area contributed by atoms with Crippen LogP contribution in [0.1, 0.15) is 16.7 Å². The molecular weight excluding hydrogens is 404 g/mol. The number of ether oxygens (including phenoxy) is 3. The summed E-state index contributed by atoms with van der Waals surface area (Å²) in [7, 11) is 1.34. The summed E-state index contributed by atoms with van der Waals surface area (Å²) in [6.07, 6.45) is 3.06. The molecule has 1 amide bonds. The van der Waals surface area contributed by atoms with E-state index in [0.717, 1.165) is 26.9 Å². The number of esters is 1. The van der Waals surface area contributed by atoms with Crippen molar-refractivity contribution in [3.05, 3.63) is 57.9 Å². The summed E-state index contributed by atoms with van der Waals surface area (Å²) in [5.41, 5.74) is 3.79. The molecule has 0 saturated carbocycles. The second-order valence-electron chi connectivity index (χ2n) is 6.87. The molecule has 0 bridgehead atoms. The maximum atomic E-state index is 12.5. The van der Waals surface area contributed by atoms with Crippen molar-refractivity contribution in [3.63, 3.8) is 0 Å². The quantitative estimate of drug-likeness (QED) is 0.474. The monoisotopic (exact) mass is 424 g/mol. The molecule has 3 aromatic rings. The van der Waals surface area contributed by atoms with Crippen molar-refractivity contribution < 1.29 is 23.8 Å². The van der Waals surface area contributed by atoms with E-state index in [-0.39, 0.29) is 13.3 Å². The number of methoxy groups -OCH3 is 1. The van der Waals surface area contributed by atoms with Gasteiger partial charge in [-0.05, 0) is 54.8 Å². The summed E-state index contributed by atoms with van der Waals surface area (Å²) in [5, 5.41) is 0. The van der Waals surface area contributed by atoms with E-state index in [1.807, 2.05) is 26.0 Å². The van der Waals surface area contributed by atoms with Crippen LogP contribution < -0.4 is 14.3 Å². The number of amides is 1. The minimum Gasteiger partial charge on any atom is -0.468 e. The molecule has 30 heavy (non-hydrogen) atoms. The first-order chi connectivity index (χ1) is 14.4. The first-order valence-electron chi connectivity index (χ1n) is 9.28. The molecule has 2 heterocycles. The Kier molecular flexibility index (Phi) is 5.41. The number of rotatable bonds is 4. The van der Waals surface area contributed by atoms with Gasteiger partial charge in [-0.2, -0.15) is 4.99 Å². The van der Waals surface area contributed by atoms with E-state index >= 15 is 0 Å². The van der Waals surface area contributed by atoms with Crippen molar-refractivity contribution >= 4 is 39.5 Å². The molecule has 7 nitrogen and oxygen atoms in total. The molecule has 1 aromatic heterocycles. The van der Waals surface area contributed by atoms with Crippen LogP contribution in [0, 0.1) is 13.8 Å². The molecule has 2 aromatic carbocycles. The SMILES string of the molecule is COC(=O)Cn1c(=NC(=O)/C=C\c2ccc3c(c2)OCO3)sc2c(C)cc(C)cc21. The van der Waals surface area contributed by atoms with Gasteiger partial charge in [0.1, 0.15) is 6.54 Å². The van der Waals surface area contributed by atoms with E-state index in [9.17, 15) is 9.59 Å². The molecule has 0 radical (unpaired) electrons. The lowest BCUT2D eigenvalue weighted by atomic mass is 10.1. The number of carbonyl (C=O) groups is 2. The highest BCUT2D eigenvalue weighted by atomic mass is 32.1. The zero-order chi connectivity index (χ0) is 21.3. The van der Waals surface area contributed by atoms with Gasteiger partial charge in [0.2, 0.25) is 6.79 Å². The summed E-state index contributed by atoms with van der Waals surface area (Å²) >= 11 is 1.38. The highest BCUT2D eigenvalue weighted by Gasteiger charge is 2.14. The first-order valence-corrected chi connectivity index (χ1v) is 10.1. The zero-order valence-corrected chi connectivity index (χ0v) is 17.6. The number of carbonyl (C=O) groups excluding carboxylic acids is 2.